The maximum absolute atomic E-state index is 13.4. The molecule has 3 aliphatic heterocycles. The summed E-state index contributed by atoms with van der Waals surface area (Å²) in [6.45, 7) is 1.61. The topological polar surface area (TPSA) is 307 Å². The molecule has 0 saturated carbocycles. The molecule has 0 aromatic heterocycles. The highest BCUT2D eigenvalue weighted by Gasteiger charge is 2.53. The number of hydrogen-bond acceptors (Lipinski definition) is 18. The van der Waals surface area contributed by atoms with Crippen LogP contribution >= 0.6 is 0 Å². The molecule has 19 heteroatoms. The Balaban J connectivity index is 1.31. The molecule has 0 aliphatic carbocycles. The highest BCUT2D eigenvalue weighted by molar-refractivity contribution is 5.76. The number of nitrogens with one attached hydrogen (secondary N) is 1. The molecule has 0 radical (unpaired) electrons. The van der Waals surface area contributed by atoms with Gasteiger partial charge in [0.25, 0.3) is 0 Å². The van der Waals surface area contributed by atoms with Gasteiger partial charge in [0.15, 0.2) is 18.9 Å². The van der Waals surface area contributed by atoms with Crippen LogP contribution in [-0.4, -0.2) is 193 Å². The van der Waals surface area contributed by atoms with Crippen molar-refractivity contribution < 1.29 is 89.4 Å². The van der Waals surface area contributed by atoms with Crippen LogP contribution in [0, 0.1) is 0 Å². The minimum absolute atomic E-state index is 0.241. The Morgan fingerprint density at radius 2 is 0.711 bits per heavy atom. The molecule has 0 aromatic rings. The summed E-state index contributed by atoms with van der Waals surface area (Å²) in [7, 11) is 0. The maximum atomic E-state index is 13.4. The molecule has 3 heterocycles. The third-order valence-corrected chi connectivity index (χ3v) is 18.4. The quantitative estimate of drug-likeness (QED) is 0.0199. The van der Waals surface area contributed by atoms with Gasteiger partial charge >= 0.3 is 0 Å². The van der Waals surface area contributed by atoms with Crippen molar-refractivity contribution in [2.24, 2.45) is 0 Å². The summed E-state index contributed by atoms with van der Waals surface area (Å²) in [5, 5.41) is 121. The van der Waals surface area contributed by atoms with Gasteiger partial charge in [0.05, 0.1) is 38.6 Å². The maximum Gasteiger partial charge on any atom is 0.220 e. The van der Waals surface area contributed by atoms with Crippen molar-refractivity contribution in [1.82, 2.24) is 5.32 Å². The second kappa shape index (κ2) is 58.2. The molecular formula is C78H135NO18. The zero-order chi connectivity index (χ0) is 70.4. The fourth-order valence-corrected chi connectivity index (χ4v) is 12.3. The van der Waals surface area contributed by atoms with Crippen molar-refractivity contribution in [3.05, 3.63) is 97.2 Å². The molecule has 19 nitrogen and oxygen atoms in total. The fraction of sp³-hybridized carbons (Fsp3) is 0.782. The predicted octanol–water partition coefficient (Wildman–Crippen LogP) is 11.6. The molecule has 3 saturated heterocycles. The van der Waals surface area contributed by atoms with Gasteiger partial charge in [-0.25, -0.2) is 0 Å². The van der Waals surface area contributed by atoms with Gasteiger partial charge in [0, 0.05) is 6.42 Å². The molecule has 12 N–H and O–H groups in total. The Hall–Kier alpha value is -3.29. The van der Waals surface area contributed by atoms with E-state index in [1.807, 2.05) is 6.08 Å². The normalized spacial score (nSPS) is 27.5. The monoisotopic (exact) mass is 1370 g/mol. The first-order valence-electron chi connectivity index (χ1n) is 38.0. The summed E-state index contributed by atoms with van der Waals surface area (Å²) in [6.07, 6.45) is 51.2. The van der Waals surface area contributed by atoms with Crippen LogP contribution in [0.2, 0.25) is 0 Å². The molecule has 3 fully saturated rings. The molecule has 0 bridgehead atoms. The molecule has 17 atom stereocenters. The van der Waals surface area contributed by atoms with Gasteiger partial charge < -0.3 is 89.9 Å². The molecule has 17 unspecified atom stereocenters. The van der Waals surface area contributed by atoms with Gasteiger partial charge in [-0.15, -0.1) is 0 Å². The smallest absolute Gasteiger partial charge is 0.220 e. The molecule has 97 heavy (non-hydrogen) atoms. The lowest BCUT2D eigenvalue weighted by Gasteiger charge is -2.48. The molecule has 0 aromatic carbocycles. The van der Waals surface area contributed by atoms with Gasteiger partial charge in [0.2, 0.25) is 5.91 Å². The molecular weight excluding hydrogens is 1240 g/mol. The van der Waals surface area contributed by atoms with Crippen LogP contribution < -0.4 is 5.32 Å². The average molecular weight is 1370 g/mol. The second-order valence-corrected chi connectivity index (χ2v) is 26.7. The minimum atomic E-state index is -1.98. The van der Waals surface area contributed by atoms with Crippen LogP contribution in [0.5, 0.6) is 0 Å². The lowest BCUT2D eigenvalue weighted by Crippen LogP contribution is -2.66. The Morgan fingerprint density at radius 3 is 1.11 bits per heavy atom. The Bertz CT molecular complexity index is 2130. The van der Waals surface area contributed by atoms with Crippen molar-refractivity contribution in [2.75, 3.05) is 26.4 Å². The Labute approximate surface area is 583 Å². The highest BCUT2D eigenvalue weighted by atomic mass is 16.8. The third kappa shape index (κ3) is 39.1. The summed E-state index contributed by atoms with van der Waals surface area (Å²) in [5.74, 6) is -0.277. The highest BCUT2D eigenvalue weighted by Crippen LogP contribution is 2.33. The van der Waals surface area contributed by atoms with E-state index < -0.39 is 124 Å². The Kier molecular flexibility index (Phi) is 52.8. The van der Waals surface area contributed by atoms with Crippen molar-refractivity contribution in [3.8, 4) is 0 Å². The molecule has 560 valence electrons. The van der Waals surface area contributed by atoms with Gasteiger partial charge in [-0.05, 0) is 77.0 Å². The van der Waals surface area contributed by atoms with E-state index >= 15 is 0 Å². The first-order chi connectivity index (χ1) is 47.3. The number of hydrogen-bond donors (Lipinski definition) is 12. The average Bonchev–Trinajstić information content (AvgIpc) is 0.809. The number of carbonyl (C=O) groups is 1. The lowest BCUT2D eigenvalue weighted by atomic mass is 9.96. The van der Waals surface area contributed by atoms with E-state index in [1.54, 1.807) is 6.08 Å². The van der Waals surface area contributed by atoms with Gasteiger partial charge in [-0.3, -0.25) is 4.79 Å². The minimum Gasteiger partial charge on any atom is -0.394 e. The second-order valence-electron chi connectivity index (χ2n) is 26.7. The lowest BCUT2D eigenvalue weighted by molar-refractivity contribution is -0.379. The van der Waals surface area contributed by atoms with Crippen LogP contribution in [0.25, 0.3) is 0 Å². The summed E-state index contributed by atoms with van der Waals surface area (Å²) in [6, 6.07) is -0.976. The SMILES string of the molecule is CC/C=C\C/C=C\C/C=C\C/C=C\C/C=C\C/C=C\C/C=C\CCCCCCCCCCCCCCCCCCCC(=O)NC(COC1OC(CO)C(OC2OC(CO)C(OC3OC(CO)C(O)C(O)C3O)C(O)C2O)C(O)C1O)C(O)/C=C/CCCCCCCCCCCCC. The number of amides is 1. The number of aliphatic hydroxyl groups is 11. The van der Waals surface area contributed by atoms with E-state index in [0.29, 0.717) is 6.42 Å². The third-order valence-electron chi connectivity index (χ3n) is 18.4. The van der Waals surface area contributed by atoms with Crippen LogP contribution in [0.3, 0.4) is 0 Å². The van der Waals surface area contributed by atoms with E-state index in [-0.39, 0.29) is 18.9 Å². The number of unbranched alkanes of at least 4 members (excludes halogenated alkanes) is 28. The van der Waals surface area contributed by atoms with Crippen molar-refractivity contribution in [3.63, 3.8) is 0 Å². The summed E-state index contributed by atoms with van der Waals surface area (Å²) in [5.41, 5.74) is 0. The number of rotatable bonds is 58. The van der Waals surface area contributed by atoms with Crippen molar-refractivity contribution >= 4 is 5.91 Å². The zero-order valence-corrected chi connectivity index (χ0v) is 59.5. The zero-order valence-electron chi connectivity index (χ0n) is 59.5. The van der Waals surface area contributed by atoms with Crippen LogP contribution in [-0.2, 0) is 33.2 Å². The molecule has 3 rings (SSSR count). The van der Waals surface area contributed by atoms with E-state index in [9.17, 15) is 61.0 Å². The molecule has 0 spiro atoms. The summed E-state index contributed by atoms with van der Waals surface area (Å²) in [4.78, 5) is 13.4. The number of aliphatic hydroxyl groups excluding tert-OH is 11. The fourth-order valence-electron chi connectivity index (χ4n) is 12.3. The van der Waals surface area contributed by atoms with Gasteiger partial charge in [-0.2, -0.15) is 0 Å². The van der Waals surface area contributed by atoms with Gasteiger partial charge in [-0.1, -0.05) is 272 Å². The number of allylic oxidation sites excluding steroid dienone is 15. The van der Waals surface area contributed by atoms with E-state index in [2.05, 4.69) is 104 Å². The van der Waals surface area contributed by atoms with Gasteiger partial charge in [0.1, 0.15) is 73.2 Å². The number of carbonyl (C=O) groups excluding carboxylic acids is 1. The van der Waals surface area contributed by atoms with E-state index in [0.717, 1.165) is 89.9 Å². The number of ether oxygens (including phenoxy) is 6. The van der Waals surface area contributed by atoms with Crippen molar-refractivity contribution in [1.29, 1.82) is 0 Å². The van der Waals surface area contributed by atoms with Crippen LogP contribution in [0.15, 0.2) is 97.2 Å². The van der Waals surface area contributed by atoms with Crippen LogP contribution in [0.4, 0.5) is 0 Å². The largest absolute Gasteiger partial charge is 0.394 e. The Morgan fingerprint density at radius 1 is 0.381 bits per heavy atom. The summed E-state index contributed by atoms with van der Waals surface area (Å²) < 4.78 is 34.3. The predicted molar refractivity (Wildman–Crippen MR) is 383 cm³/mol. The summed E-state index contributed by atoms with van der Waals surface area (Å²) >= 11 is 0. The van der Waals surface area contributed by atoms with E-state index in [4.69, 9.17) is 28.4 Å². The molecule has 1 amide bonds. The van der Waals surface area contributed by atoms with Crippen molar-refractivity contribution in [2.45, 2.75) is 362 Å². The standard InChI is InChI=1S/C78H135NO18/c1-3-5-7-9-11-13-15-17-18-19-20-21-22-23-24-25-26-27-28-29-30-31-32-33-34-35-36-37-38-39-40-41-42-44-46-48-50-52-54-56-66(84)79-61(62(83)55-53-51-49-47-45-43-16-14-12-10-8-6-4-2)60-92-76-72(90)69(87)74(64(58-81)94-76)97-78-73(91)70(88)75(65(59-82)95-78)96-77-71(89)68(86)67(85)63(57-80)93-77/h5,7,11,13,17-18,20-21,23-24,26-27,29-30,53,55,61-65,67-78,80-83,85-91H,3-4,6,8-10,12,14-16,19,22,25,28,31-52,54,56-60H2,1-2H3,(H,79,84)/b7-5-,13-11-,18-17-,21-20-,24-23-,27-26-,30-29-,55-53+. The first kappa shape index (κ1) is 87.9. The van der Waals surface area contributed by atoms with Crippen LogP contribution in [0.1, 0.15) is 258 Å². The van der Waals surface area contributed by atoms with E-state index in [1.165, 1.54) is 141 Å². The first-order valence-corrected chi connectivity index (χ1v) is 38.0. The molecule has 3 aliphatic rings.